The summed E-state index contributed by atoms with van der Waals surface area (Å²) in [4.78, 5) is 0. The zero-order valence-corrected chi connectivity index (χ0v) is 10.9. The van der Waals surface area contributed by atoms with Crippen LogP contribution in [0.2, 0.25) is 0 Å². The van der Waals surface area contributed by atoms with Gasteiger partial charge in [-0.15, -0.1) is 0 Å². The van der Waals surface area contributed by atoms with Crippen LogP contribution in [0.1, 0.15) is 57.5 Å². The lowest BCUT2D eigenvalue weighted by molar-refractivity contribution is 0.136. The van der Waals surface area contributed by atoms with Gasteiger partial charge in [-0.3, -0.25) is 4.68 Å². The first-order valence-electron chi connectivity index (χ1n) is 6.29. The third-order valence-corrected chi connectivity index (χ3v) is 3.08. The molecule has 0 aliphatic carbocycles. The molecule has 0 fully saturated rings. The summed E-state index contributed by atoms with van der Waals surface area (Å²) in [6.07, 6.45) is 3.73. The molecule has 1 aromatic heterocycles. The predicted octanol–water partition coefficient (Wildman–Crippen LogP) is 2.84. The second-order valence-corrected chi connectivity index (χ2v) is 4.68. The topological polar surface area (TPSA) is 38.1 Å². The molecule has 0 aromatic carbocycles. The minimum absolute atomic E-state index is 0.376. The summed E-state index contributed by atoms with van der Waals surface area (Å²) in [6.45, 7) is 6.46. The third kappa shape index (κ3) is 3.34. The Hall–Kier alpha value is -0.830. The van der Waals surface area contributed by atoms with Crippen LogP contribution in [0, 0.1) is 5.92 Å². The van der Waals surface area contributed by atoms with Gasteiger partial charge in [0.15, 0.2) is 0 Å². The van der Waals surface area contributed by atoms with E-state index in [1.54, 1.807) is 0 Å². The number of nitrogens with zero attached hydrogens (tertiary/aromatic N) is 2. The van der Waals surface area contributed by atoms with E-state index in [0.29, 0.717) is 5.92 Å². The fourth-order valence-electron chi connectivity index (χ4n) is 2.14. The third-order valence-electron chi connectivity index (χ3n) is 3.08. The van der Waals surface area contributed by atoms with Gasteiger partial charge in [-0.2, -0.15) is 5.10 Å². The lowest BCUT2D eigenvalue weighted by Gasteiger charge is -2.15. The maximum atomic E-state index is 10.1. The number of aliphatic hydroxyl groups excluding tert-OH is 1. The van der Waals surface area contributed by atoms with E-state index in [9.17, 15) is 5.11 Å². The monoisotopic (exact) mass is 224 g/mol. The molecule has 0 saturated heterocycles. The fraction of sp³-hybridized carbons (Fsp3) is 0.769. The molecule has 1 aromatic rings. The van der Waals surface area contributed by atoms with Gasteiger partial charge in [0.2, 0.25) is 0 Å². The first kappa shape index (κ1) is 13.2. The van der Waals surface area contributed by atoms with Crippen LogP contribution in [-0.2, 0) is 13.5 Å². The fourth-order valence-corrected chi connectivity index (χ4v) is 2.14. The lowest BCUT2D eigenvalue weighted by Crippen LogP contribution is -2.09. The molecule has 1 N–H and O–H groups in total. The molecule has 1 heterocycles. The van der Waals surface area contributed by atoms with Crippen molar-refractivity contribution >= 4 is 0 Å². The largest absolute Gasteiger partial charge is 0.387 e. The molecule has 0 amide bonds. The average molecular weight is 224 g/mol. The number of hydrogen-bond acceptors (Lipinski definition) is 2. The average Bonchev–Trinajstić information content (AvgIpc) is 2.60. The summed E-state index contributed by atoms with van der Waals surface area (Å²) in [7, 11) is 1.90. The Morgan fingerprint density at radius 3 is 2.62 bits per heavy atom. The predicted molar refractivity (Wildman–Crippen MR) is 66.2 cm³/mol. The molecular weight excluding hydrogens is 200 g/mol. The molecule has 0 bridgehead atoms. The van der Waals surface area contributed by atoms with Crippen LogP contribution in [0.4, 0.5) is 0 Å². The van der Waals surface area contributed by atoms with Gasteiger partial charge >= 0.3 is 0 Å². The van der Waals surface area contributed by atoms with Gasteiger partial charge in [0.25, 0.3) is 0 Å². The molecule has 92 valence electrons. The Labute approximate surface area is 98.5 Å². The van der Waals surface area contributed by atoms with Gasteiger partial charge in [0, 0.05) is 7.05 Å². The number of aromatic nitrogens is 2. The van der Waals surface area contributed by atoms with Crippen molar-refractivity contribution < 1.29 is 5.11 Å². The Kier molecular flexibility index (Phi) is 5.00. The molecule has 2 unspecified atom stereocenters. The first-order chi connectivity index (χ1) is 7.58. The van der Waals surface area contributed by atoms with Gasteiger partial charge in [0.05, 0.1) is 17.5 Å². The van der Waals surface area contributed by atoms with Crippen LogP contribution in [0.3, 0.4) is 0 Å². The van der Waals surface area contributed by atoms with Gasteiger partial charge in [-0.05, 0) is 24.8 Å². The SMILES string of the molecule is CCCC(C)CC(O)c1cc(CC)nn1C. The molecule has 3 nitrogen and oxygen atoms in total. The minimum atomic E-state index is -0.376. The van der Waals surface area contributed by atoms with E-state index >= 15 is 0 Å². The minimum Gasteiger partial charge on any atom is -0.387 e. The maximum Gasteiger partial charge on any atom is 0.0959 e. The van der Waals surface area contributed by atoms with Crippen molar-refractivity contribution in [1.82, 2.24) is 9.78 Å². The second kappa shape index (κ2) is 6.04. The highest BCUT2D eigenvalue weighted by Crippen LogP contribution is 2.24. The van der Waals surface area contributed by atoms with Crippen LogP contribution < -0.4 is 0 Å². The summed E-state index contributed by atoms with van der Waals surface area (Å²) < 4.78 is 1.81. The van der Waals surface area contributed by atoms with E-state index in [1.807, 2.05) is 17.8 Å². The van der Waals surface area contributed by atoms with Crippen molar-refractivity contribution in [2.45, 2.75) is 52.6 Å². The van der Waals surface area contributed by atoms with E-state index in [4.69, 9.17) is 0 Å². The highest BCUT2D eigenvalue weighted by atomic mass is 16.3. The standard InChI is InChI=1S/C13H24N2O/c1-5-7-10(3)8-13(16)12-9-11(6-2)14-15(12)4/h9-10,13,16H,5-8H2,1-4H3. The van der Waals surface area contributed by atoms with Crippen LogP contribution in [0.25, 0.3) is 0 Å². The highest BCUT2D eigenvalue weighted by molar-refractivity contribution is 5.12. The molecule has 0 spiro atoms. The normalized spacial score (nSPS) is 15.1. The number of hydrogen-bond donors (Lipinski definition) is 1. The Balaban J connectivity index is 2.64. The molecule has 0 saturated carbocycles. The summed E-state index contributed by atoms with van der Waals surface area (Å²) >= 11 is 0. The van der Waals surface area contributed by atoms with E-state index in [2.05, 4.69) is 25.9 Å². The summed E-state index contributed by atoms with van der Waals surface area (Å²) in [5, 5.41) is 14.5. The van der Waals surface area contributed by atoms with Gasteiger partial charge in [-0.1, -0.05) is 33.6 Å². The molecule has 2 atom stereocenters. The number of aryl methyl sites for hydroxylation is 2. The van der Waals surface area contributed by atoms with Crippen molar-refractivity contribution in [1.29, 1.82) is 0 Å². The number of aliphatic hydroxyl groups is 1. The molecule has 0 radical (unpaired) electrons. The van der Waals surface area contributed by atoms with Crippen molar-refractivity contribution in [3.8, 4) is 0 Å². The quantitative estimate of drug-likeness (QED) is 0.807. The molecular formula is C13H24N2O. The molecule has 16 heavy (non-hydrogen) atoms. The Morgan fingerprint density at radius 1 is 1.44 bits per heavy atom. The van der Waals surface area contributed by atoms with Crippen molar-refractivity contribution in [2.75, 3.05) is 0 Å². The molecule has 0 aliphatic rings. The van der Waals surface area contributed by atoms with Gasteiger partial charge in [-0.25, -0.2) is 0 Å². The van der Waals surface area contributed by atoms with Crippen LogP contribution >= 0.6 is 0 Å². The van der Waals surface area contributed by atoms with E-state index in [0.717, 1.165) is 24.2 Å². The Bertz CT molecular complexity index is 320. The number of rotatable bonds is 6. The molecule has 3 heteroatoms. The maximum absolute atomic E-state index is 10.1. The van der Waals surface area contributed by atoms with Crippen LogP contribution in [-0.4, -0.2) is 14.9 Å². The zero-order chi connectivity index (χ0) is 12.1. The van der Waals surface area contributed by atoms with Crippen LogP contribution in [0.15, 0.2) is 6.07 Å². The van der Waals surface area contributed by atoms with E-state index in [-0.39, 0.29) is 6.10 Å². The van der Waals surface area contributed by atoms with E-state index in [1.165, 1.54) is 12.8 Å². The summed E-state index contributed by atoms with van der Waals surface area (Å²) in [5.74, 6) is 0.569. The molecule has 0 aliphatic heterocycles. The van der Waals surface area contributed by atoms with Gasteiger partial charge < -0.3 is 5.11 Å². The zero-order valence-electron chi connectivity index (χ0n) is 10.9. The van der Waals surface area contributed by atoms with Gasteiger partial charge in [0.1, 0.15) is 0 Å². The van der Waals surface area contributed by atoms with Crippen molar-refractivity contribution in [3.63, 3.8) is 0 Å². The molecule has 1 rings (SSSR count). The van der Waals surface area contributed by atoms with Crippen molar-refractivity contribution in [2.24, 2.45) is 13.0 Å². The van der Waals surface area contributed by atoms with E-state index < -0.39 is 0 Å². The highest BCUT2D eigenvalue weighted by Gasteiger charge is 2.16. The summed E-state index contributed by atoms with van der Waals surface area (Å²) in [6, 6.07) is 2.02. The lowest BCUT2D eigenvalue weighted by atomic mass is 9.97. The van der Waals surface area contributed by atoms with Crippen LogP contribution in [0.5, 0.6) is 0 Å². The summed E-state index contributed by atoms with van der Waals surface area (Å²) in [5.41, 5.74) is 2.00. The Morgan fingerprint density at radius 2 is 2.12 bits per heavy atom. The second-order valence-electron chi connectivity index (χ2n) is 4.68. The first-order valence-corrected chi connectivity index (χ1v) is 6.29. The smallest absolute Gasteiger partial charge is 0.0959 e. The van der Waals surface area contributed by atoms with Crippen molar-refractivity contribution in [3.05, 3.63) is 17.5 Å².